The third-order valence-corrected chi connectivity index (χ3v) is 4.21. The summed E-state index contributed by atoms with van der Waals surface area (Å²) in [5.41, 5.74) is 4.48. The fourth-order valence-corrected chi connectivity index (χ4v) is 2.72. The minimum Gasteiger partial charge on any atom is -0.496 e. The number of amides is 1. The summed E-state index contributed by atoms with van der Waals surface area (Å²) in [5, 5.41) is 6.16. The lowest BCUT2D eigenvalue weighted by atomic mass is 10.1. The summed E-state index contributed by atoms with van der Waals surface area (Å²) in [6.07, 6.45) is 2.36. The van der Waals surface area contributed by atoms with Crippen LogP contribution in [0.4, 0.5) is 11.4 Å². The number of ether oxygens (including phenoxy) is 1. The van der Waals surface area contributed by atoms with Gasteiger partial charge in [0, 0.05) is 12.2 Å². The molecule has 0 saturated heterocycles. The van der Waals surface area contributed by atoms with E-state index >= 15 is 0 Å². The summed E-state index contributed by atoms with van der Waals surface area (Å²) in [7, 11) is 1.65. The van der Waals surface area contributed by atoms with Gasteiger partial charge >= 0.3 is 0 Å². The number of carbonyl (C=O) groups excluding carboxylic acids is 1. The van der Waals surface area contributed by atoms with Gasteiger partial charge in [0.2, 0.25) is 0 Å². The second-order valence-electron chi connectivity index (χ2n) is 6.24. The Morgan fingerprint density at radius 1 is 1.00 bits per heavy atom. The van der Waals surface area contributed by atoms with Crippen molar-refractivity contribution in [2.24, 2.45) is 0 Å². The molecule has 1 aromatic heterocycles. The molecule has 0 atom stereocenters. The number of hydrogen-bond donors (Lipinski definition) is 2. The zero-order valence-corrected chi connectivity index (χ0v) is 15.5. The summed E-state index contributed by atoms with van der Waals surface area (Å²) in [5.74, 6) is 0.642. The molecule has 3 aromatic rings. The molecule has 1 heterocycles. The minimum absolute atomic E-state index is 0.188. The van der Waals surface area contributed by atoms with E-state index in [1.807, 2.05) is 61.5 Å². The molecule has 3 rings (SSSR count). The predicted octanol–water partition coefficient (Wildman–Crippen LogP) is 4.11. The van der Waals surface area contributed by atoms with Crippen molar-refractivity contribution in [1.82, 2.24) is 10.3 Å². The molecule has 0 saturated carbocycles. The van der Waals surface area contributed by atoms with Crippen LogP contribution < -0.4 is 15.4 Å². The maximum Gasteiger partial charge on any atom is 0.269 e. The molecule has 0 bridgehead atoms. The molecule has 0 aliphatic carbocycles. The van der Waals surface area contributed by atoms with Crippen LogP contribution in [0.5, 0.6) is 5.75 Å². The summed E-state index contributed by atoms with van der Waals surface area (Å²) in [4.78, 5) is 16.5. The fourth-order valence-electron chi connectivity index (χ4n) is 2.72. The van der Waals surface area contributed by atoms with Crippen molar-refractivity contribution < 1.29 is 9.53 Å². The van der Waals surface area contributed by atoms with Gasteiger partial charge in [-0.3, -0.25) is 4.79 Å². The van der Waals surface area contributed by atoms with Gasteiger partial charge in [-0.2, -0.15) is 0 Å². The number of anilines is 2. The molecule has 0 fully saturated rings. The molecule has 2 N–H and O–H groups in total. The molecule has 5 heteroatoms. The highest BCUT2D eigenvalue weighted by molar-refractivity contribution is 5.92. The second-order valence-corrected chi connectivity index (χ2v) is 6.24. The Hall–Kier alpha value is -3.34. The molecule has 0 radical (unpaired) electrons. The van der Waals surface area contributed by atoms with Crippen LogP contribution in [0.15, 0.2) is 66.9 Å². The Morgan fingerprint density at radius 3 is 2.44 bits per heavy atom. The number of nitrogens with zero attached hydrogens (tertiary/aromatic N) is 1. The zero-order chi connectivity index (χ0) is 19.1. The van der Waals surface area contributed by atoms with E-state index in [0.29, 0.717) is 18.7 Å². The Bertz CT molecular complexity index is 890. The van der Waals surface area contributed by atoms with Crippen molar-refractivity contribution in [2.45, 2.75) is 13.3 Å². The lowest BCUT2D eigenvalue weighted by Gasteiger charge is -2.09. The molecular formula is C22H23N3O2. The molecule has 0 unspecified atom stereocenters. The Kier molecular flexibility index (Phi) is 6.05. The minimum atomic E-state index is -0.188. The van der Waals surface area contributed by atoms with Gasteiger partial charge in [-0.15, -0.1) is 0 Å². The molecule has 27 heavy (non-hydrogen) atoms. The number of para-hydroxylation sites is 1. The van der Waals surface area contributed by atoms with Crippen molar-refractivity contribution in [3.05, 3.63) is 83.7 Å². The third kappa shape index (κ3) is 5.07. The normalized spacial score (nSPS) is 10.3. The van der Waals surface area contributed by atoms with Gasteiger partial charge in [-0.1, -0.05) is 35.9 Å². The van der Waals surface area contributed by atoms with Gasteiger partial charge in [0.25, 0.3) is 5.91 Å². The number of aromatic nitrogens is 1. The first-order valence-electron chi connectivity index (χ1n) is 8.85. The van der Waals surface area contributed by atoms with E-state index < -0.39 is 0 Å². The van der Waals surface area contributed by atoms with Gasteiger partial charge in [-0.25, -0.2) is 4.98 Å². The Morgan fingerprint density at radius 2 is 1.74 bits per heavy atom. The van der Waals surface area contributed by atoms with Gasteiger partial charge in [0.1, 0.15) is 11.4 Å². The number of hydrogen-bond acceptors (Lipinski definition) is 4. The largest absolute Gasteiger partial charge is 0.496 e. The number of nitrogens with one attached hydrogen (secondary N) is 2. The van der Waals surface area contributed by atoms with Crippen LogP contribution in [0.25, 0.3) is 0 Å². The van der Waals surface area contributed by atoms with Crippen LogP contribution in [-0.4, -0.2) is 24.5 Å². The monoisotopic (exact) mass is 361 g/mol. The topological polar surface area (TPSA) is 63.2 Å². The summed E-state index contributed by atoms with van der Waals surface area (Å²) in [6.45, 7) is 2.57. The van der Waals surface area contributed by atoms with Gasteiger partial charge < -0.3 is 15.4 Å². The van der Waals surface area contributed by atoms with Gasteiger partial charge in [-0.05, 0) is 49.2 Å². The first-order valence-corrected chi connectivity index (χ1v) is 8.85. The van der Waals surface area contributed by atoms with E-state index in [1.54, 1.807) is 19.4 Å². The van der Waals surface area contributed by atoms with Crippen molar-refractivity contribution in [1.29, 1.82) is 0 Å². The van der Waals surface area contributed by atoms with Crippen LogP contribution in [0.1, 0.15) is 21.6 Å². The second kappa shape index (κ2) is 8.85. The van der Waals surface area contributed by atoms with Gasteiger partial charge in [0.05, 0.1) is 19.0 Å². The number of aryl methyl sites for hydroxylation is 1. The van der Waals surface area contributed by atoms with E-state index in [4.69, 9.17) is 4.74 Å². The van der Waals surface area contributed by atoms with Crippen LogP contribution in [0.2, 0.25) is 0 Å². The maximum absolute atomic E-state index is 12.3. The van der Waals surface area contributed by atoms with E-state index in [2.05, 4.69) is 15.6 Å². The molecule has 0 aliphatic rings. The number of benzene rings is 2. The van der Waals surface area contributed by atoms with Crippen molar-refractivity contribution in [2.75, 3.05) is 19.0 Å². The molecule has 1 amide bonds. The highest BCUT2D eigenvalue weighted by atomic mass is 16.5. The highest BCUT2D eigenvalue weighted by Gasteiger charge is 2.08. The van der Waals surface area contributed by atoms with Crippen LogP contribution in [0, 0.1) is 6.92 Å². The first kappa shape index (κ1) is 18.5. The fraction of sp³-hybridized carbons (Fsp3) is 0.182. The maximum atomic E-state index is 12.3. The quantitative estimate of drug-likeness (QED) is 0.665. The molecule has 138 valence electrons. The molecule has 5 nitrogen and oxygen atoms in total. The van der Waals surface area contributed by atoms with E-state index in [1.165, 1.54) is 5.56 Å². The smallest absolute Gasteiger partial charge is 0.269 e. The Balaban J connectivity index is 1.53. The lowest BCUT2D eigenvalue weighted by molar-refractivity contribution is 0.0949. The number of carbonyl (C=O) groups is 1. The zero-order valence-electron chi connectivity index (χ0n) is 15.5. The number of pyridine rings is 1. The standard InChI is InChI=1S/C22H23N3O2/c1-16-7-9-18(10-8-16)25-19-11-12-20(24-15-19)22(26)23-14-13-17-5-3-4-6-21(17)27-2/h3-12,15,25H,13-14H2,1-2H3,(H,23,26). The summed E-state index contributed by atoms with van der Waals surface area (Å²) < 4.78 is 5.32. The van der Waals surface area contributed by atoms with Crippen LogP contribution in [0.3, 0.4) is 0 Å². The van der Waals surface area contributed by atoms with E-state index in [-0.39, 0.29) is 5.91 Å². The SMILES string of the molecule is COc1ccccc1CCNC(=O)c1ccc(Nc2ccc(C)cc2)cn1. The van der Waals surface area contributed by atoms with Crippen molar-refractivity contribution in [3.63, 3.8) is 0 Å². The van der Waals surface area contributed by atoms with Crippen LogP contribution in [-0.2, 0) is 6.42 Å². The molecular weight excluding hydrogens is 338 g/mol. The third-order valence-electron chi connectivity index (χ3n) is 4.21. The predicted molar refractivity (Wildman–Crippen MR) is 108 cm³/mol. The van der Waals surface area contributed by atoms with Crippen LogP contribution >= 0.6 is 0 Å². The summed E-state index contributed by atoms with van der Waals surface area (Å²) >= 11 is 0. The highest BCUT2D eigenvalue weighted by Crippen LogP contribution is 2.18. The average Bonchev–Trinajstić information content (AvgIpc) is 2.70. The number of methoxy groups -OCH3 is 1. The number of rotatable bonds is 7. The van der Waals surface area contributed by atoms with Crippen molar-refractivity contribution >= 4 is 17.3 Å². The average molecular weight is 361 g/mol. The molecule has 0 spiro atoms. The Labute approximate surface area is 159 Å². The van der Waals surface area contributed by atoms with E-state index in [9.17, 15) is 4.79 Å². The van der Waals surface area contributed by atoms with Gasteiger partial charge in [0.15, 0.2) is 0 Å². The summed E-state index contributed by atoms with van der Waals surface area (Å²) in [6, 6.07) is 19.5. The van der Waals surface area contributed by atoms with Crippen molar-refractivity contribution in [3.8, 4) is 5.75 Å². The molecule has 2 aromatic carbocycles. The lowest BCUT2D eigenvalue weighted by Crippen LogP contribution is -2.26. The molecule has 0 aliphatic heterocycles. The van der Waals surface area contributed by atoms with E-state index in [0.717, 1.165) is 22.7 Å². The first-order chi connectivity index (χ1) is 13.2.